The summed E-state index contributed by atoms with van der Waals surface area (Å²) in [5.41, 5.74) is 0.608. The van der Waals surface area contributed by atoms with Crippen LogP contribution in [0.2, 0.25) is 0 Å². The monoisotopic (exact) mass is 302 g/mol. The van der Waals surface area contributed by atoms with Crippen molar-refractivity contribution in [1.29, 1.82) is 0 Å². The van der Waals surface area contributed by atoms with E-state index in [0.717, 1.165) is 4.90 Å². The van der Waals surface area contributed by atoms with Crippen LogP contribution in [0.1, 0.15) is 47.9 Å². The quantitative estimate of drug-likeness (QED) is 0.827. The number of Topliss-reactive ketones (excluding diaryl/α,β-unsaturated/α-hetero) is 1. The van der Waals surface area contributed by atoms with Gasteiger partial charge in [0.05, 0.1) is 17.2 Å². The summed E-state index contributed by atoms with van der Waals surface area (Å²) in [5, 5.41) is 2.54. The number of nitrogens with one attached hydrogen (secondary N) is 1. The third kappa shape index (κ3) is 2.64. The first-order valence-corrected chi connectivity index (χ1v) is 7.16. The van der Waals surface area contributed by atoms with Crippen LogP contribution in [0.3, 0.4) is 0 Å². The van der Waals surface area contributed by atoms with Gasteiger partial charge in [-0.15, -0.1) is 0 Å². The second kappa shape index (κ2) is 6.09. The number of carbonyl (C=O) groups is 4. The van der Waals surface area contributed by atoms with Crippen LogP contribution in [0.4, 0.5) is 0 Å². The van der Waals surface area contributed by atoms with Crippen molar-refractivity contribution in [1.82, 2.24) is 10.2 Å². The van der Waals surface area contributed by atoms with E-state index in [0.29, 0.717) is 11.1 Å². The van der Waals surface area contributed by atoms with E-state index in [1.165, 1.54) is 6.92 Å². The highest BCUT2D eigenvalue weighted by Gasteiger charge is 2.42. The van der Waals surface area contributed by atoms with Gasteiger partial charge in [-0.05, 0) is 32.4 Å². The molecule has 2 atom stereocenters. The molecule has 1 aromatic rings. The molecule has 0 radical (unpaired) electrons. The van der Waals surface area contributed by atoms with Crippen molar-refractivity contribution in [2.24, 2.45) is 0 Å². The molecule has 2 rings (SSSR count). The van der Waals surface area contributed by atoms with Gasteiger partial charge in [0.1, 0.15) is 6.04 Å². The molecule has 0 unspecified atom stereocenters. The molecule has 1 N–H and O–H groups in total. The summed E-state index contributed by atoms with van der Waals surface area (Å²) in [6.45, 7) is 4.65. The molecule has 22 heavy (non-hydrogen) atoms. The predicted octanol–water partition coefficient (Wildman–Crippen LogP) is 1.15. The fourth-order valence-electron chi connectivity index (χ4n) is 2.39. The fourth-order valence-corrected chi connectivity index (χ4v) is 2.39. The third-order valence-corrected chi connectivity index (χ3v) is 3.80. The van der Waals surface area contributed by atoms with Gasteiger partial charge in [0, 0.05) is 0 Å². The molecule has 0 bridgehead atoms. The van der Waals surface area contributed by atoms with Gasteiger partial charge in [-0.25, -0.2) is 0 Å². The van der Waals surface area contributed by atoms with Crippen molar-refractivity contribution in [3.05, 3.63) is 35.4 Å². The van der Waals surface area contributed by atoms with Gasteiger partial charge in [-0.3, -0.25) is 24.1 Å². The number of carbonyl (C=O) groups excluding carboxylic acids is 4. The molecule has 6 heteroatoms. The summed E-state index contributed by atoms with van der Waals surface area (Å²) in [6.07, 6.45) is 0.280. The second-order valence-corrected chi connectivity index (χ2v) is 5.29. The Balaban J connectivity index is 2.26. The number of hydrogen-bond acceptors (Lipinski definition) is 4. The number of ketones is 1. The van der Waals surface area contributed by atoms with Gasteiger partial charge in [0.15, 0.2) is 5.78 Å². The van der Waals surface area contributed by atoms with E-state index in [2.05, 4.69) is 5.32 Å². The summed E-state index contributed by atoms with van der Waals surface area (Å²) in [6, 6.07) is 4.90. The van der Waals surface area contributed by atoms with E-state index in [1.807, 2.05) is 0 Å². The van der Waals surface area contributed by atoms with Crippen molar-refractivity contribution in [3.63, 3.8) is 0 Å². The van der Waals surface area contributed by atoms with Crippen molar-refractivity contribution in [3.8, 4) is 0 Å². The van der Waals surface area contributed by atoms with Crippen LogP contribution in [0.15, 0.2) is 24.3 Å². The highest BCUT2D eigenvalue weighted by atomic mass is 16.2. The van der Waals surface area contributed by atoms with Gasteiger partial charge in [0.25, 0.3) is 11.8 Å². The first kappa shape index (κ1) is 15.9. The minimum Gasteiger partial charge on any atom is -0.345 e. The van der Waals surface area contributed by atoms with Gasteiger partial charge < -0.3 is 5.32 Å². The number of hydrogen-bond donors (Lipinski definition) is 1. The maximum Gasteiger partial charge on any atom is 0.262 e. The minimum absolute atomic E-state index is 0.189. The number of benzene rings is 1. The van der Waals surface area contributed by atoms with Crippen LogP contribution in [0.25, 0.3) is 0 Å². The predicted molar refractivity (Wildman–Crippen MR) is 79.3 cm³/mol. The maximum atomic E-state index is 12.4. The molecule has 0 spiro atoms. The summed E-state index contributed by atoms with van der Waals surface area (Å²) in [7, 11) is 0. The summed E-state index contributed by atoms with van der Waals surface area (Å²) in [4.78, 5) is 49.3. The van der Waals surface area contributed by atoms with Crippen molar-refractivity contribution >= 4 is 23.5 Å². The van der Waals surface area contributed by atoms with E-state index in [1.54, 1.807) is 38.1 Å². The standard InChI is InChI=1S/C16H18N2O4/c1-4-13(14(20)17-9(2)10(3)19)18-15(21)11-7-5-6-8-12(11)16(18)22/h5-9,13H,4H2,1-3H3,(H,17,20)/t9-,13-/m1/s1. The first-order chi connectivity index (χ1) is 10.4. The molecule has 0 aliphatic carbocycles. The lowest BCUT2D eigenvalue weighted by atomic mass is 10.1. The number of rotatable bonds is 5. The molecule has 0 fully saturated rings. The Kier molecular flexibility index (Phi) is 4.40. The molecule has 116 valence electrons. The van der Waals surface area contributed by atoms with E-state index in [4.69, 9.17) is 0 Å². The highest BCUT2D eigenvalue weighted by Crippen LogP contribution is 2.25. The first-order valence-electron chi connectivity index (χ1n) is 7.16. The molecule has 0 saturated heterocycles. The molecule has 1 aliphatic rings. The molecule has 0 aromatic heterocycles. The van der Waals surface area contributed by atoms with Crippen molar-refractivity contribution < 1.29 is 19.2 Å². The van der Waals surface area contributed by atoms with E-state index in [-0.39, 0.29) is 12.2 Å². The normalized spacial score (nSPS) is 16.2. The lowest BCUT2D eigenvalue weighted by molar-refractivity contribution is -0.129. The fraction of sp³-hybridized carbons (Fsp3) is 0.375. The van der Waals surface area contributed by atoms with E-state index < -0.39 is 29.8 Å². The molecule has 0 saturated carbocycles. The lowest BCUT2D eigenvalue weighted by Crippen LogP contribution is -2.52. The van der Waals surface area contributed by atoms with Crippen LogP contribution in [-0.4, -0.2) is 40.5 Å². The average Bonchev–Trinajstić information content (AvgIpc) is 2.73. The van der Waals surface area contributed by atoms with Gasteiger partial charge in [-0.1, -0.05) is 19.1 Å². The Morgan fingerprint density at radius 3 is 2.05 bits per heavy atom. The number of amides is 3. The Morgan fingerprint density at radius 2 is 1.64 bits per heavy atom. The van der Waals surface area contributed by atoms with Crippen molar-refractivity contribution in [2.45, 2.75) is 39.3 Å². The summed E-state index contributed by atoms with van der Waals surface area (Å²) < 4.78 is 0. The molecule has 1 heterocycles. The van der Waals surface area contributed by atoms with Crippen LogP contribution < -0.4 is 5.32 Å². The van der Waals surface area contributed by atoms with E-state index in [9.17, 15) is 19.2 Å². The Bertz CT molecular complexity index is 618. The van der Waals surface area contributed by atoms with Crippen LogP contribution in [0.5, 0.6) is 0 Å². The summed E-state index contributed by atoms with van der Waals surface area (Å²) in [5.74, 6) is -1.64. The minimum atomic E-state index is -0.922. The van der Waals surface area contributed by atoms with Crippen molar-refractivity contribution in [2.75, 3.05) is 0 Å². The van der Waals surface area contributed by atoms with E-state index >= 15 is 0 Å². The smallest absolute Gasteiger partial charge is 0.262 e. The zero-order chi connectivity index (χ0) is 16.4. The molecular weight excluding hydrogens is 284 g/mol. The Labute approximate surface area is 128 Å². The maximum absolute atomic E-state index is 12.4. The molecular formula is C16H18N2O4. The van der Waals surface area contributed by atoms with Gasteiger partial charge in [-0.2, -0.15) is 0 Å². The lowest BCUT2D eigenvalue weighted by Gasteiger charge is -2.25. The van der Waals surface area contributed by atoms with Crippen LogP contribution >= 0.6 is 0 Å². The number of imide groups is 1. The zero-order valence-corrected chi connectivity index (χ0v) is 12.8. The molecule has 1 aliphatic heterocycles. The van der Waals surface area contributed by atoms with Crippen LogP contribution in [0, 0.1) is 0 Å². The highest BCUT2D eigenvalue weighted by molar-refractivity contribution is 6.22. The Hall–Kier alpha value is -2.50. The number of fused-ring (bicyclic) bond motifs is 1. The second-order valence-electron chi connectivity index (χ2n) is 5.29. The van der Waals surface area contributed by atoms with Crippen LogP contribution in [-0.2, 0) is 9.59 Å². The van der Waals surface area contributed by atoms with Gasteiger partial charge >= 0.3 is 0 Å². The van der Waals surface area contributed by atoms with Gasteiger partial charge in [0.2, 0.25) is 5.91 Å². The molecule has 6 nitrogen and oxygen atoms in total. The third-order valence-electron chi connectivity index (χ3n) is 3.80. The largest absolute Gasteiger partial charge is 0.345 e. The average molecular weight is 302 g/mol. The Morgan fingerprint density at radius 1 is 1.14 bits per heavy atom. The number of nitrogens with zero attached hydrogens (tertiary/aromatic N) is 1. The SMILES string of the molecule is CC[C@H](C(=O)N[C@H](C)C(C)=O)N1C(=O)c2ccccc2C1=O. The summed E-state index contributed by atoms with van der Waals surface area (Å²) >= 11 is 0. The molecule has 1 aromatic carbocycles. The zero-order valence-electron chi connectivity index (χ0n) is 12.8. The topological polar surface area (TPSA) is 83.6 Å². The molecule has 3 amide bonds.